The second kappa shape index (κ2) is 9.01. The maximum Gasteiger partial charge on any atom is 0.280 e. The second-order valence-electron chi connectivity index (χ2n) is 8.02. The van der Waals surface area contributed by atoms with Crippen LogP contribution in [0.25, 0.3) is 11.2 Å². The van der Waals surface area contributed by atoms with Gasteiger partial charge in [0.15, 0.2) is 23.7 Å². The van der Waals surface area contributed by atoms with E-state index in [1.54, 1.807) is 13.8 Å². The lowest BCUT2D eigenvalue weighted by molar-refractivity contribution is -0.215. The smallest absolute Gasteiger partial charge is 0.280 e. The van der Waals surface area contributed by atoms with Gasteiger partial charge in [-0.1, -0.05) is 13.8 Å². The van der Waals surface area contributed by atoms with Crippen LogP contribution in [0.2, 0.25) is 0 Å². The zero-order valence-corrected chi connectivity index (χ0v) is 17.4. The van der Waals surface area contributed by atoms with Gasteiger partial charge in [-0.2, -0.15) is 4.98 Å². The van der Waals surface area contributed by atoms with E-state index >= 15 is 0 Å². The Kier molecular flexibility index (Phi) is 6.34. The van der Waals surface area contributed by atoms with Crippen molar-refractivity contribution in [3.63, 3.8) is 0 Å². The number of H-pyrrole nitrogens is 1. The predicted molar refractivity (Wildman–Crippen MR) is 107 cm³/mol. The summed E-state index contributed by atoms with van der Waals surface area (Å²) in [6.07, 6.45) is -0.410. The molecule has 4 N–H and O–H groups in total. The molecule has 2 fully saturated rings. The van der Waals surface area contributed by atoms with Gasteiger partial charge in [-0.3, -0.25) is 24.5 Å². The zero-order chi connectivity index (χ0) is 22.1. The van der Waals surface area contributed by atoms with Crippen LogP contribution in [0.1, 0.15) is 39.3 Å². The van der Waals surface area contributed by atoms with Gasteiger partial charge in [-0.05, 0) is 19.3 Å². The van der Waals surface area contributed by atoms with Gasteiger partial charge in [0.2, 0.25) is 11.9 Å². The van der Waals surface area contributed by atoms with Crippen molar-refractivity contribution in [1.29, 1.82) is 0 Å². The molecule has 12 nitrogen and oxygen atoms in total. The molecule has 2 aromatic rings. The molecule has 0 aliphatic carbocycles. The van der Waals surface area contributed by atoms with E-state index in [9.17, 15) is 19.8 Å². The Morgan fingerprint density at radius 1 is 1.45 bits per heavy atom. The molecule has 1 amide bonds. The van der Waals surface area contributed by atoms with Gasteiger partial charge in [-0.25, -0.2) is 4.98 Å². The SMILES string of the molecule is CC(C)C(=O)Nc1nc2c(ncn2[C@@H]2O[C@H](CO)[C@@H](O)C2OC2CCCCO2)c(=O)[nH]1. The third-order valence-corrected chi connectivity index (χ3v) is 5.41. The number of aromatic amines is 1. The number of nitrogens with one attached hydrogen (secondary N) is 2. The normalized spacial score (nSPS) is 29.0. The molecule has 4 rings (SSSR count). The Balaban J connectivity index is 1.68. The molecule has 2 aromatic heterocycles. The number of fused-ring (bicyclic) bond motifs is 1. The molecule has 2 unspecified atom stereocenters. The summed E-state index contributed by atoms with van der Waals surface area (Å²) in [5, 5.41) is 22.8. The van der Waals surface area contributed by atoms with Crippen LogP contribution in [0, 0.1) is 5.92 Å². The standard InChI is InChI=1S/C19H27N5O7/c1-9(2)16(27)22-19-21-15-12(17(28)23-19)20-8-24(15)18-14(13(26)10(7-25)30-18)31-11-5-3-4-6-29-11/h8-11,13-14,18,25-26H,3-7H2,1-2H3,(H2,21,22,23,27,28)/t10-,11?,13-,14?,18-/m1/s1. The summed E-state index contributed by atoms with van der Waals surface area (Å²) in [4.78, 5) is 35.4. The highest BCUT2D eigenvalue weighted by atomic mass is 16.7. The van der Waals surface area contributed by atoms with Crippen molar-refractivity contribution in [3.8, 4) is 0 Å². The highest BCUT2D eigenvalue weighted by Gasteiger charge is 2.47. The largest absolute Gasteiger partial charge is 0.394 e. The van der Waals surface area contributed by atoms with E-state index in [0.717, 1.165) is 12.8 Å². The molecule has 5 atom stereocenters. The number of hydrogen-bond acceptors (Lipinski definition) is 9. The van der Waals surface area contributed by atoms with Crippen molar-refractivity contribution >= 4 is 23.0 Å². The van der Waals surface area contributed by atoms with E-state index in [1.165, 1.54) is 10.9 Å². The van der Waals surface area contributed by atoms with Crippen molar-refractivity contribution in [1.82, 2.24) is 19.5 Å². The molecule has 2 saturated heterocycles. The minimum atomic E-state index is -1.12. The van der Waals surface area contributed by atoms with Gasteiger partial charge in [0.05, 0.1) is 12.9 Å². The second-order valence-corrected chi connectivity index (χ2v) is 8.02. The Labute approximate surface area is 177 Å². The topological polar surface area (TPSA) is 161 Å². The fourth-order valence-corrected chi connectivity index (χ4v) is 3.67. The number of carbonyl (C=O) groups is 1. The summed E-state index contributed by atoms with van der Waals surface area (Å²) < 4.78 is 18.9. The van der Waals surface area contributed by atoms with E-state index < -0.39 is 43.0 Å². The molecule has 2 aliphatic rings. The summed E-state index contributed by atoms with van der Waals surface area (Å²) in [7, 11) is 0. The predicted octanol–water partition coefficient (Wildman–Crippen LogP) is -0.124. The Bertz CT molecular complexity index is 984. The summed E-state index contributed by atoms with van der Waals surface area (Å²) in [5.41, 5.74) is -0.342. The van der Waals surface area contributed by atoms with Crippen molar-refractivity contribution in [2.24, 2.45) is 5.92 Å². The third kappa shape index (κ3) is 4.34. The number of amides is 1. The number of ether oxygens (including phenoxy) is 3. The first-order valence-corrected chi connectivity index (χ1v) is 10.4. The molecule has 0 spiro atoms. The van der Waals surface area contributed by atoms with Gasteiger partial charge < -0.3 is 24.4 Å². The summed E-state index contributed by atoms with van der Waals surface area (Å²) >= 11 is 0. The fraction of sp³-hybridized carbons (Fsp3) is 0.684. The first-order valence-electron chi connectivity index (χ1n) is 10.4. The number of aromatic nitrogens is 4. The lowest BCUT2D eigenvalue weighted by Gasteiger charge is -2.29. The van der Waals surface area contributed by atoms with E-state index in [2.05, 4.69) is 20.3 Å². The first kappa shape index (κ1) is 21.8. The fourth-order valence-electron chi connectivity index (χ4n) is 3.67. The van der Waals surface area contributed by atoms with Gasteiger partial charge in [-0.15, -0.1) is 0 Å². The van der Waals surface area contributed by atoms with Crippen LogP contribution in [0.4, 0.5) is 5.95 Å². The molecule has 31 heavy (non-hydrogen) atoms. The highest BCUT2D eigenvalue weighted by molar-refractivity contribution is 5.91. The van der Waals surface area contributed by atoms with Crippen molar-refractivity contribution < 1.29 is 29.2 Å². The zero-order valence-electron chi connectivity index (χ0n) is 17.4. The molecular formula is C19H27N5O7. The van der Waals surface area contributed by atoms with Crippen LogP contribution in [0.3, 0.4) is 0 Å². The molecular weight excluding hydrogens is 410 g/mol. The highest BCUT2D eigenvalue weighted by Crippen LogP contribution is 2.35. The van der Waals surface area contributed by atoms with Crippen LogP contribution in [-0.4, -0.2) is 73.5 Å². The summed E-state index contributed by atoms with van der Waals surface area (Å²) in [6.45, 7) is 3.58. The van der Waals surface area contributed by atoms with E-state index in [-0.39, 0.29) is 28.9 Å². The molecule has 2 aliphatic heterocycles. The summed E-state index contributed by atoms with van der Waals surface area (Å²) in [5.74, 6) is -0.641. The minimum absolute atomic E-state index is 0.0247. The molecule has 170 valence electrons. The maximum absolute atomic E-state index is 12.5. The minimum Gasteiger partial charge on any atom is -0.394 e. The van der Waals surface area contributed by atoms with Crippen LogP contribution in [0.15, 0.2) is 11.1 Å². The van der Waals surface area contributed by atoms with Crippen LogP contribution >= 0.6 is 0 Å². The molecule has 4 heterocycles. The average Bonchev–Trinajstić information content (AvgIpc) is 3.30. The van der Waals surface area contributed by atoms with Gasteiger partial charge in [0.25, 0.3) is 5.56 Å². The lowest BCUT2D eigenvalue weighted by atomic mass is 10.1. The van der Waals surface area contributed by atoms with Crippen LogP contribution in [0.5, 0.6) is 0 Å². The number of carbonyl (C=O) groups excluding carboxylic acids is 1. The number of hydrogen-bond donors (Lipinski definition) is 4. The lowest BCUT2D eigenvalue weighted by Crippen LogP contribution is -2.39. The van der Waals surface area contributed by atoms with Crippen molar-refractivity contribution in [2.45, 2.75) is 63.9 Å². The number of nitrogens with zero attached hydrogens (tertiary/aromatic N) is 3. The number of aliphatic hydroxyl groups is 2. The third-order valence-electron chi connectivity index (χ3n) is 5.41. The molecule has 12 heteroatoms. The Morgan fingerprint density at radius 2 is 2.26 bits per heavy atom. The molecule has 0 saturated carbocycles. The monoisotopic (exact) mass is 437 g/mol. The molecule has 0 bridgehead atoms. The van der Waals surface area contributed by atoms with E-state index in [1.807, 2.05) is 0 Å². The van der Waals surface area contributed by atoms with Gasteiger partial charge >= 0.3 is 0 Å². The van der Waals surface area contributed by atoms with Gasteiger partial charge in [0.1, 0.15) is 18.3 Å². The molecule has 0 aromatic carbocycles. The number of aliphatic hydroxyl groups excluding tert-OH is 2. The van der Waals surface area contributed by atoms with Gasteiger partial charge in [0, 0.05) is 12.5 Å². The molecule has 0 radical (unpaired) electrons. The quantitative estimate of drug-likeness (QED) is 0.483. The average molecular weight is 437 g/mol. The van der Waals surface area contributed by atoms with Crippen LogP contribution < -0.4 is 10.9 Å². The van der Waals surface area contributed by atoms with Crippen LogP contribution in [-0.2, 0) is 19.0 Å². The Morgan fingerprint density at radius 3 is 2.94 bits per heavy atom. The number of rotatable bonds is 6. The van der Waals surface area contributed by atoms with Crippen molar-refractivity contribution in [3.05, 3.63) is 16.7 Å². The first-order chi connectivity index (χ1) is 14.9. The summed E-state index contributed by atoms with van der Waals surface area (Å²) in [6, 6.07) is 0. The maximum atomic E-state index is 12.5. The van der Waals surface area contributed by atoms with E-state index in [4.69, 9.17) is 14.2 Å². The van der Waals surface area contributed by atoms with E-state index in [0.29, 0.717) is 13.0 Å². The van der Waals surface area contributed by atoms with Crippen molar-refractivity contribution in [2.75, 3.05) is 18.5 Å². The number of imidazole rings is 1. The Hall–Kier alpha value is -2.38. The number of anilines is 1.